The van der Waals surface area contributed by atoms with E-state index in [4.69, 9.17) is 23.2 Å². The first-order valence-corrected chi connectivity index (χ1v) is 16.6. The number of unbranched alkanes of at least 4 members (excludes halogenated alkanes) is 1. The van der Waals surface area contributed by atoms with Gasteiger partial charge in [0.05, 0.1) is 20.6 Å². The van der Waals surface area contributed by atoms with Crippen molar-refractivity contribution in [3.8, 4) is 0 Å². The minimum Gasteiger partial charge on any atom is -0.354 e. The summed E-state index contributed by atoms with van der Waals surface area (Å²) in [5.74, 6) is -0.857. The normalized spacial score (nSPS) is 11.9. The van der Waals surface area contributed by atoms with Gasteiger partial charge >= 0.3 is 0 Å². The zero-order valence-electron chi connectivity index (χ0n) is 24.4. The van der Waals surface area contributed by atoms with Gasteiger partial charge in [0.15, 0.2) is 0 Å². The summed E-state index contributed by atoms with van der Waals surface area (Å²) in [6, 6.07) is 30.1. The standard InChI is InChI=1S/C34H35Cl2N3O4S/c1-2-3-21-37-34(41)32(22-26-13-7-4-8-14-26)38(24-27-15-9-5-10-16-27)33(40)25-39(28-19-20-30(35)31(36)23-28)44(42,43)29-17-11-6-12-18-29/h4-20,23,32H,2-3,21-22,24-25H2,1H3,(H,37,41). The monoisotopic (exact) mass is 651 g/mol. The summed E-state index contributed by atoms with van der Waals surface area (Å²) >= 11 is 12.5. The lowest BCUT2D eigenvalue weighted by Gasteiger charge is -2.34. The predicted molar refractivity (Wildman–Crippen MR) is 176 cm³/mol. The molecule has 1 unspecified atom stereocenters. The summed E-state index contributed by atoms with van der Waals surface area (Å²) in [6.07, 6.45) is 1.93. The van der Waals surface area contributed by atoms with E-state index in [0.717, 1.165) is 28.3 Å². The van der Waals surface area contributed by atoms with E-state index in [1.807, 2.05) is 67.6 Å². The maximum atomic E-state index is 14.4. The smallest absolute Gasteiger partial charge is 0.264 e. The number of sulfonamides is 1. The molecule has 1 N–H and O–H groups in total. The molecule has 0 heterocycles. The number of nitrogens with one attached hydrogen (secondary N) is 1. The maximum absolute atomic E-state index is 14.4. The van der Waals surface area contributed by atoms with Crippen molar-refractivity contribution >= 4 is 50.7 Å². The fraction of sp³-hybridized carbons (Fsp3) is 0.235. The second kappa shape index (κ2) is 15.7. The molecule has 4 aromatic carbocycles. The topological polar surface area (TPSA) is 86.8 Å². The van der Waals surface area contributed by atoms with E-state index in [-0.39, 0.29) is 39.5 Å². The van der Waals surface area contributed by atoms with E-state index in [0.29, 0.717) is 6.54 Å². The van der Waals surface area contributed by atoms with E-state index in [2.05, 4.69) is 5.32 Å². The lowest BCUT2D eigenvalue weighted by Crippen LogP contribution is -2.53. The molecule has 0 bridgehead atoms. The number of halogens is 2. The molecule has 10 heteroatoms. The number of anilines is 1. The van der Waals surface area contributed by atoms with Crippen LogP contribution in [0.4, 0.5) is 5.69 Å². The van der Waals surface area contributed by atoms with Crippen molar-refractivity contribution in [2.45, 2.75) is 43.7 Å². The van der Waals surface area contributed by atoms with Gasteiger partial charge in [0, 0.05) is 19.5 Å². The van der Waals surface area contributed by atoms with E-state index >= 15 is 0 Å². The third kappa shape index (κ3) is 8.62. The summed E-state index contributed by atoms with van der Waals surface area (Å²) in [6.45, 7) is 2.02. The lowest BCUT2D eigenvalue weighted by atomic mass is 10.0. The Morgan fingerprint density at radius 2 is 1.39 bits per heavy atom. The van der Waals surface area contributed by atoms with Gasteiger partial charge in [-0.15, -0.1) is 0 Å². The molecule has 230 valence electrons. The summed E-state index contributed by atoms with van der Waals surface area (Å²) in [5, 5.41) is 3.37. The van der Waals surface area contributed by atoms with Crippen molar-refractivity contribution in [2.24, 2.45) is 0 Å². The minimum atomic E-state index is -4.22. The molecule has 0 radical (unpaired) electrons. The highest BCUT2D eigenvalue weighted by atomic mass is 35.5. The highest BCUT2D eigenvalue weighted by Crippen LogP contribution is 2.31. The lowest BCUT2D eigenvalue weighted by molar-refractivity contribution is -0.140. The van der Waals surface area contributed by atoms with Crippen LogP contribution in [0.25, 0.3) is 0 Å². The molecule has 4 aromatic rings. The Balaban J connectivity index is 1.78. The van der Waals surface area contributed by atoms with Crippen LogP contribution in [0.3, 0.4) is 0 Å². The van der Waals surface area contributed by atoms with Crippen molar-refractivity contribution in [3.63, 3.8) is 0 Å². The minimum absolute atomic E-state index is 0.00614. The Hall–Kier alpha value is -3.85. The van der Waals surface area contributed by atoms with Crippen molar-refractivity contribution in [2.75, 3.05) is 17.4 Å². The van der Waals surface area contributed by atoms with Crippen molar-refractivity contribution in [1.29, 1.82) is 0 Å². The zero-order chi connectivity index (χ0) is 31.5. The number of benzene rings is 4. The summed E-state index contributed by atoms with van der Waals surface area (Å²) in [5.41, 5.74) is 1.84. The van der Waals surface area contributed by atoms with Gasteiger partial charge < -0.3 is 10.2 Å². The van der Waals surface area contributed by atoms with Crippen molar-refractivity contribution in [1.82, 2.24) is 10.2 Å². The molecule has 1 atom stereocenters. The van der Waals surface area contributed by atoms with E-state index in [1.54, 1.807) is 18.2 Å². The Morgan fingerprint density at radius 1 is 0.795 bits per heavy atom. The second-order valence-corrected chi connectivity index (χ2v) is 13.0. The van der Waals surface area contributed by atoms with Crippen LogP contribution in [-0.4, -0.2) is 44.3 Å². The van der Waals surface area contributed by atoms with Gasteiger partial charge in [-0.25, -0.2) is 8.42 Å². The maximum Gasteiger partial charge on any atom is 0.264 e. The van der Waals surface area contributed by atoms with E-state index < -0.39 is 28.5 Å². The predicted octanol–water partition coefficient (Wildman–Crippen LogP) is 6.75. The van der Waals surface area contributed by atoms with E-state index in [9.17, 15) is 18.0 Å². The van der Waals surface area contributed by atoms with Gasteiger partial charge in [-0.05, 0) is 47.9 Å². The highest BCUT2D eigenvalue weighted by Gasteiger charge is 2.34. The van der Waals surface area contributed by atoms with Crippen LogP contribution in [0.5, 0.6) is 0 Å². The van der Waals surface area contributed by atoms with Gasteiger partial charge in [0.25, 0.3) is 10.0 Å². The van der Waals surface area contributed by atoms with Crippen molar-refractivity contribution < 1.29 is 18.0 Å². The van der Waals surface area contributed by atoms with Crippen LogP contribution in [0.2, 0.25) is 10.0 Å². The fourth-order valence-electron chi connectivity index (χ4n) is 4.73. The molecule has 0 fully saturated rings. The van der Waals surface area contributed by atoms with Crippen LogP contribution in [-0.2, 0) is 32.6 Å². The molecule has 0 saturated heterocycles. The number of carbonyl (C=O) groups excluding carboxylic acids is 2. The first kappa shape index (κ1) is 33.1. The van der Waals surface area contributed by atoms with Gasteiger partial charge in [-0.3, -0.25) is 13.9 Å². The van der Waals surface area contributed by atoms with Crippen molar-refractivity contribution in [3.05, 3.63) is 130 Å². The Kier molecular flexibility index (Phi) is 11.8. The molecular weight excluding hydrogens is 617 g/mol. The number of hydrogen-bond donors (Lipinski definition) is 1. The molecule has 0 aliphatic heterocycles. The Morgan fingerprint density at radius 3 is 1.98 bits per heavy atom. The van der Waals surface area contributed by atoms with Gasteiger partial charge in [-0.2, -0.15) is 0 Å². The number of hydrogen-bond acceptors (Lipinski definition) is 4. The average molecular weight is 653 g/mol. The zero-order valence-corrected chi connectivity index (χ0v) is 26.7. The second-order valence-electron chi connectivity index (χ2n) is 10.3. The summed E-state index contributed by atoms with van der Waals surface area (Å²) < 4.78 is 29.0. The molecule has 4 rings (SSSR count). The third-order valence-corrected chi connectivity index (χ3v) is 9.62. The molecule has 0 aliphatic carbocycles. The molecule has 44 heavy (non-hydrogen) atoms. The average Bonchev–Trinajstić information content (AvgIpc) is 3.04. The molecule has 0 aliphatic rings. The van der Waals surface area contributed by atoms with E-state index in [1.165, 1.54) is 35.2 Å². The molecule has 7 nitrogen and oxygen atoms in total. The molecule has 0 aromatic heterocycles. The Bertz CT molecular complexity index is 1640. The quantitative estimate of drug-likeness (QED) is 0.153. The first-order chi connectivity index (χ1) is 21.2. The summed E-state index contributed by atoms with van der Waals surface area (Å²) in [7, 11) is -4.22. The van der Waals surface area contributed by atoms with Crippen LogP contribution >= 0.6 is 23.2 Å². The first-order valence-electron chi connectivity index (χ1n) is 14.4. The number of amides is 2. The summed E-state index contributed by atoms with van der Waals surface area (Å²) in [4.78, 5) is 29.6. The highest BCUT2D eigenvalue weighted by molar-refractivity contribution is 7.92. The van der Waals surface area contributed by atoms with Gasteiger partial charge in [0.2, 0.25) is 11.8 Å². The number of nitrogens with zero attached hydrogens (tertiary/aromatic N) is 2. The largest absolute Gasteiger partial charge is 0.354 e. The number of carbonyl (C=O) groups is 2. The Labute approximate surface area is 269 Å². The molecule has 0 spiro atoms. The van der Waals surface area contributed by atoms with Crippen LogP contribution in [0.1, 0.15) is 30.9 Å². The number of rotatable bonds is 14. The van der Waals surface area contributed by atoms with Crippen LogP contribution in [0, 0.1) is 0 Å². The van der Waals surface area contributed by atoms with Crippen LogP contribution in [0.15, 0.2) is 114 Å². The van der Waals surface area contributed by atoms with Gasteiger partial charge in [0.1, 0.15) is 12.6 Å². The molecular formula is C34H35Cl2N3O4S. The molecule has 0 saturated carbocycles. The third-order valence-electron chi connectivity index (χ3n) is 7.10. The molecule has 2 amide bonds. The SMILES string of the molecule is CCCCNC(=O)C(Cc1ccccc1)N(Cc1ccccc1)C(=O)CN(c1ccc(Cl)c(Cl)c1)S(=O)(=O)c1ccccc1. The fourth-order valence-corrected chi connectivity index (χ4v) is 6.45. The van der Waals surface area contributed by atoms with Crippen LogP contribution < -0.4 is 9.62 Å². The van der Waals surface area contributed by atoms with Gasteiger partial charge in [-0.1, -0.05) is 115 Å².